The summed E-state index contributed by atoms with van der Waals surface area (Å²) in [5.74, 6) is 0. The summed E-state index contributed by atoms with van der Waals surface area (Å²) < 4.78 is 2.22. The fourth-order valence-electron chi connectivity index (χ4n) is 3.32. The molecule has 0 radical (unpaired) electrons. The Kier molecular flexibility index (Phi) is 4.16. The zero-order valence-electron chi connectivity index (χ0n) is 13.1. The first-order valence-electron chi connectivity index (χ1n) is 8.40. The summed E-state index contributed by atoms with van der Waals surface area (Å²) in [5, 5.41) is 8.45. The van der Waals surface area contributed by atoms with Crippen LogP contribution in [0.25, 0.3) is 0 Å². The molecule has 1 heterocycles. The lowest BCUT2D eigenvalue weighted by Crippen LogP contribution is -2.25. The number of nitrogens with one attached hydrogen (secondary N) is 1. The third-order valence-electron chi connectivity index (χ3n) is 4.83. The van der Waals surface area contributed by atoms with Gasteiger partial charge in [0.2, 0.25) is 0 Å². The van der Waals surface area contributed by atoms with Crippen LogP contribution in [0.2, 0.25) is 0 Å². The van der Waals surface area contributed by atoms with Crippen molar-refractivity contribution in [3.05, 3.63) is 18.0 Å². The first-order valence-corrected chi connectivity index (χ1v) is 8.40. The van der Waals surface area contributed by atoms with Crippen molar-refractivity contribution >= 4 is 0 Å². The number of nitrogens with zero attached hydrogens (tertiary/aromatic N) is 2. The van der Waals surface area contributed by atoms with Crippen molar-refractivity contribution < 1.29 is 0 Å². The fraction of sp³-hybridized carbons (Fsp3) is 0.824. The van der Waals surface area contributed by atoms with Gasteiger partial charge in [-0.05, 0) is 56.6 Å². The van der Waals surface area contributed by atoms with Crippen molar-refractivity contribution in [1.82, 2.24) is 15.1 Å². The molecule has 2 aliphatic carbocycles. The summed E-state index contributed by atoms with van der Waals surface area (Å²) in [6.07, 6.45) is 12.7. The highest BCUT2D eigenvalue weighted by atomic mass is 15.3. The molecule has 1 aromatic heterocycles. The summed E-state index contributed by atoms with van der Waals surface area (Å²) in [6.45, 7) is 5.90. The monoisotopic (exact) mass is 275 g/mol. The molecule has 0 bridgehead atoms. The van der Waals surface area contributed by atoms with Crippen LogP contribution in [0.5, 0.6) is 0 Å². The van der Waals surface area contributed by atoms with E-state index >= 15 is 0 Å². The topological polar surface area (TPSA) is 29.9 Å². The van der Waals surface area contributed by atoms with Crippen LogP contribution in [-0.2, 0) is 6.42 Å². The molecule has 0 aromatic carbocycles. The Morgan fingerprint density at radius 1 is 1.25 bits per heavy atom. The maximum atomic E-state index is 4.83. The predicted molar refractivity (Wildman–Crippen MR) is 82.9 cm³/mol. The minimum atomic E-state index is 0.344. The second-order valence-corrected chi connectivity index (χ2v) is 7.54. The van der Waals surface area contributed by atoms with Gasteiger partial charge in [-0.2, -0.15) is 5.10 Å². The van der Waals surface area contributed by atoms with Gasteiger partial charge >= 0.3 is 0 Å². The number of rotatable bonds is 7. The van der Waals surface area contributed by atoms with Crippen molar-refractivity contribution in [3.63, 3.8) is 0 Å². The Bertz CT molecular complexity index is 425. The van der Waals surface area contributed by atoms with Crippen molar-refractivity contribution in [2.45, 2.75) is 77.3 Å². The van der Waals surface area contributed by atoms with E-state index in [1.165, 1.54) is 50.6 Å². The van der Waals surface area contributed by atoms with Gasteiger partial charge < -0.3 is 5.32 Å². The van der Waals surface area contributed by atoms with E-state index in [0.29, 0.717) is 11.5 Å². The minimum absolute atomic E-state index is 0.344. The quantitative estimate of drug-likeness (QED) is 0.822. The molecule has 0 spiro atoms. The summed E-state index contributed by atoms with van der Waals surface area (Å²) in [6, 6.07) is 3.73. The average molecular weight is 275 g/mol. The third-order valence-corrected chi connectivity index (χ3v) is 4.83. The molecule has 0 saturated heterocycles. The average Bonchev–Trinajstić information content (AvgIpc) is 2.90. The van der Waals surface area contributed by atoms with Crippen LogP contribution in [0.4, 0.5) is 0 Å². The summed E-state index contributed by atoms with van der Waals surface area (Å²) in [4.78, 5) is 0. The molecule has 20 heavy (non-hydrogen) atoms. The maximum Gasteiger partial charge on any atom is 0.0630 e. The van der Waals surface area contributed by atoms with Crippen LogP contribution < -0.4 is 5.32 Å². The molecule has 3 nitrogen and oxygen atoms in total. The highest BCUT2D eigenvalue weighted by Gasteiger charge is 2.24. The van der Waals surface area contributed by atoms with Crippen LogP contribution in [0, 0.1) is 5.41 Å². The van der Waals surface area contributed by atoms with E-state index in [2.05, 4.69) is 36.1 Å². The lowest BCUT2D eigenvalue weighted by molar-refractivity contribution is 0.319. The van der Waals surface area contributed by atoms with E-state index in [4.69, 9.17) is 5.10 Å². The van der Waals surface area contributed by atoms with Crippen molar-refractivity contribution in [2.75, 3.05) is 6.54 Å². The smallest absolute Gasteiger partial charge is 0.0630 e. The Balaban J connectivity index is 1.50. The molecule has 1 N–H and O–H groups in total. The molecule has 3 rings (SSSR count). The molecule has 0 aliphatic heterocycles. The van der Waals surface area contributed by atoms with Gasteiger partial charge in [-0.25, -0.2) is 0 Å². The Morgan fingerprint density at radius 3 is 2.70 bits per heavy atom. The maximum absolute atomic E-state index is 4.83. The van der Waals surface area contributed by atoms with E-state index in [-0.39, 0.29) is 0 Å². The van der Waals surface area contributed by atoms with Crippen LogP contribution in [0.3, 0.4) is 0 Å². The van der Waals surface area contributed by atoms with Gasteiger partial charge in [-0.3, -0.25) is 4.68 Å². The minimum Gasteiger partial charge on any atom is -0.314 e. The SMILES string of the molecule is CC(C)(CCNC1CC1)Cc1ccn(C2CCCC2)n1. The molecule has 2 aliphatic rings. The van der Waals surface area contributed by atoms with Crippen molar-refractivity contribution in [3.8, 4) is 0 Å². The second-order valence-electron chi connectivity index (χ2n) is 7.54. The lowest BCUT2D eigenvalue weighted by atomic mass is 9.84. The van der Waals surface area contributed by atoms with E-state index in [0.717, 1.165) is 19.0 Å². The fourth-order valence-corrected chi connectivity index (χ4v) is 3.32. The number of aromatic nitrogens is 2. The molecule has 0 atom stereocenters. The molecule has 2 saturated carbocycles. The molecule has 3 heteroatoms. The highest BCUT2D eigenvalue weighted by Crippen LogP contribution is 2.30. The Morgan fingerprint density at radius 2 is 2.00 bits per heavy atom. The molecule has 0 amide bonds. The molecule has 0 unspecified atom stereocenters. The molecular weight excluding hydrogens is 246 g/mol. The normalized spacial score (nSPS) is 20.7. The Labute approximate surface area is 123 Å². The van der Waals surface area contributed by atoms with Gasteiger partial charge in [0.05, 0.1) is 11.7 Å². The van der Waals surface area contributed by atoms with Gasteiger partial charge in [0.25, 0.3) is 0 Å². The van der Waals surface area contributed by atoms with Gasteiger partial charge in [-0.15, -0.1) is 0 Å². The van der Waals surface area contributed by atoms with E-state index in [1.54, 1.807) is 0 Å². The Hall–Kier alpha value is -0.830. The predicted octanol–water partition coefficient (Wildman–Crippen LogP) is 3.71. The summed E-state index contributed by atoms with van der Waals surface area (Å²) >= 11 is 0. The molecule has 112 valence electrons. The zero-order valence-corrected chi connectivity index (χ0v) is 13.1. The highest BCUT2D eigenvalue weighted by molar-refractivity contribution is 5.03. The van der Waals surface area contributed by atoms with Crippen LogP contribution in [-0.4, -0.2) is 22.4 Å². The first kappa shape index (κ1) is 14.1. The van der Waals surface area contributed by atoms with E-state index in [1.807, 2.05) is 0 Å². The van der Waals surface area contributed by atoms with Crippen molar-refractivity contribution in [2.24, 2.45) is 5.41 Å². The summed E-state index contributed by atoms with van der Waals surface area (Å²) in [7, 11) is 0. The summed E-state index contributed by atoms with van der Waals surface area (Å²) in [5.41, 5.74) is 1.62. The lowest BCUT2D eigenvalue weighted by Gasteiger charge is -2.23. The van der Waals surface area contributed by atoms with Gasteiger partial charge in [0.1, 0.15) is 0 Å². The van der Waals surface area contributed by atoms with Crippen LogP contribution in [0.1, 0.15) is 70.5 Å². The number of hydrogen-bond acceptors (Lipinski definition) is 2. The largest absolute Gasteiger partial charge is 0.314 e. The van der Waals surface area contributed by atoms with E-state index in [9.17, 15) is 0 Å². The number of hydrogen-bond donors (Lipinski definition) is 1. The van der Waals surface area contributed by atoms with Crippen LogP contribution >= 0.6 is 0 Å². The molecular formula is C17H29N3. The third kappa shape index (κ3) is 3.85. The van der Waals surface area contributed by atoms with Crippen LogP contribution in [0.15, 0.2) is 12.3 Å². The molecule has 2 fully saturated rings. The van der Waals surface area contributed by atoms with Gasteiger partial charge in [0.15, 0.2) is 0 Å². The van der Waals surface area contributed by atoms with Crippen molar-refractivity contribution in [1.29, 1.82) is 0 Å². The van der Waals surface area contributed by atoms with Gasteiger partial charge in [0, 0.05) is 12.2 Å². The van der Waals surface area contributed by atoms with Gasteiger partial charge in [-0.1, -0.05) is 26.7 Å². The second kappa shape index (κ2) is 5.88. The van der Waals surface area contributed by atoms with E-state index < -0.39 is 0 Å². The zero-order chi connectivity index (χ0) is 14.0. The molecule has 1 aromatic rings. The first-order chi connectivity index (χ1) is 9.62. The standard InChI is InChI=1S/C17H29N3/c1-17(2,10-11-18-14-7-8-14)13-15-9-12-20(19-15)16-5-3-4-6-16/h9,12,14,16,18H,3-8,10-11,13H2,1-2H3.